The van der Waals surface area contributed by atoms with Gasteiger partial charge in [0.05, 0.1) is 22.9 Å². The third kappa shape index (κ3) is 10.3. The fourth-order valence-electron chi connectivity index (χ4n) is 5.11. The molecule has 0 fully saturated rings. The van der Waals surface area contributed by atoms with Crippen LogP contribution in [0.4, 0.5) is 5.69 Å². The van der Waals surface area contributed by atoms with Crippen LogP contribution in [0.15, 0.2) is 48.5 Å². The summed E-state index contributed by atoms with van der Waals surface area (Å²) in [6, 6.07) is 13.6. The number of fused-ring (bicyclic) bond motifs is 1. The van der Waals surface area contributed by atoms with Crippen LogP contribution < -0.4 is 5.48 Å². The number of hydrogen-bond donors (Lipinski definition) is 2. The van der Waals surface area contributed by atoms with Crippen LogP contribution in [0.3, 0.4) is 0 Å². The van der Waals surface area contributed by atoms with E-state index in [1.54, 1.807) is 30.3 Å². The number of phenolic OH excluding ortho intramolecular Hbond substituents is 1. The van der Waals surface area contributed by atoms with E-state index in [4.69, 9.17) is 28.0 Å². The van der Waals surface area contributed by atoms with Crippen molar-refractivity contribution in [3.05, 3.63) is 69.7 Å². The van der Waals surface area contributed by atoms with Crippen LogP contribution in [0.1, 0.15) is 119 Å². The second-order valence-electron chi connectivity index (χ2n) is 10.7. The third-order valence-electron chi connectivity index (χ3n) is 7.48. The topological polar surface area (TPSA) is 58.6 Å². The molecule has 0 saturated carbocycles. The number of anilines is 1. The highest BCUT2D eigenvalue weighted by molar-refractivity contribution is 6.37. The van der Waals surface area contributed by atoms with Gasteiger partial charge in [0.1, 0.15) is 5.75 Å². The summed E-state index contributed by atoms with van der Waals surface area (Å²) in [6.45, 7) is 2.89. The molecule has 0 saturated heterocycles. The average molecular weight is 587 g/mol. The molecule has 40 heavy (non-hydrogen) atoms. The van der Waals surface area contributed by atoms with Gasteiger partial charge in [0.15, 0.2) is 5.78 Å². The number of halogens is 2. The first-order chi connectivity index (χ1) is 19.5. The van der Waals surface area contributed by atoms with E-state index < -0.39 is 0 Å². The number of nitrogens with one attached hydrogen (secondary N) is 1. The van der Waals surface area contributed by atoms with Crippen molar-refractivity contribution in [3.63, 3.8) is 0 Å². The minimum absolute atomic E-state index is 0.0930. The molecule has 0 atom stereocenters. The normalized spacial score (nSPS) is 11.3. The summed E-state index contributed by atoms with van der Waals surface area (Å²) in [6.07, 6.45) is 20.0. The molecule has 0 aliphatic heterocycles. The minimum atomic E-state index is -0.380. The summed E-state index contributed by atoms with van der Waals surface area (Å²) in [5.41, 5.74) is 4.20. The molecule has 0 heterocycles. The Hall–Kier alpha value is -2.27. The van der Waals surface area contributed by atoms with Gasteiger partial charge >= 0.3 is 0 Å². The number of benzene rings is 3. The van der Waals surface area contributed by atoms with Gasteiger partial charge in [0.25, 0.3) is 0 Å². The lowest BCUT2D eigenvalue weighted by Gasteiger charge is -2.13. The number of carbonyl (C=O) groups excluding carboxylic acids is 1. The molecule has 0 bridgehead atoms. The average Bonchev–Trinajstić information content (AvgIpc) is 2.96. The highest BCUT2D eigenvalue weighted by atomic mass is 35.5. The van der Waals surface area contributed by atoms with E-state index >= 15 is 0 Å². The highest BCUT2D eigenvalue weighted by Crippen LogP contribution is 2.35. The van der Waals surface area contributed by atoms with Crippen LogP contribution in [0.25, 0.3) is 10.8 Å². The lowest BCUT2D eigenvalue weighted by Crippen LogP contribution is -2.05. The predicted molar refractivity (Wildman–Crippen MR) is 170 cm³/mol. The highest BCUT2D eigenvalue weighted by Gasteiger charge is 2.19. The maximum atomic E-state index is 13.1. The first kappa shape index (κ1) is 32.2. The van der Waals surface area contributed by atoms with Crippen molar-refractivity contribution < 1.29 is 14.7 Å². The molecular weight excluding hydrogens is 541 g/mol. The maximum Gasteiger partial charge on any atom is 0.198 e. The molecular formula is C34H45Cl2NO3. The monoisotopic (exact) mass is 585 g/mol. The largest absolute Gasteiger partial charge is 0.507 e. The van der Waals surface area contributed by atoms with E-state index in [2.05, 4.69) is 12.4 Å². The Balaban J connectivity index is 1.33. The Morgan fingerprint density at radius 1 is 0.725 bits per heavy atom. The molecule has 6 heteroatoms. The lowest BCUT2D eigenvalue weighted by molar-refractivity contribution is 0.103. The van der Waals surface area contributed by atoms with E-state index in [-0.39, 0.29) is 27.7 Å². The number of rotatable bonds is 20. The summed E-state index contributed by atoms with van der Waals surface area (Å²) >= 11 is 12.3. The molecule has 0 radical (unpaired) electrons. The van der Waals surface area contributed by atoms with Gasteiger partial charge in [-0.25, -0.2) is 0 Å². The molecule has 3 rings (SSSR count). The predicted octanol–water partition coefficient (Wildman–Crippen LogP) is 11.3. The standard InChI is InChI=1S/C34H45Cl2NO3/c1-2-3-4-5-6-7-8-9-10-11-12-13-14-15-16-24-40-37-32-19-17-18-28-27(32)21-22-29(33(28)38)34(39)30-25-26(35)20-23-31(30)36/h17-23,25,37-38H,2-16,24H2,1H3. The van der Waals surface area contributed by atoms with Gasteiger partial charge in [0.2, 0.25) is 0 Å². The van der Waals surface area contributed by atoms with Crippen molar-refractivity contribution in [2.45, 2.75) is 103 Å². The van der Waals surface area contributed by atoms with Crippen LogP contribution in [-0.2, 0) is 4.84 Å². The molecule has 3 aromatic rings. The molecule has 0 aliphatic carbocycles. The second-order valence-corrected chi connectivity index (χ2v) is 11.6. The smallest absolute Gasteiger partial charge is 0.198 e. The number of ketones is 1. The summed E-state index contributed by atoms with van der Waals surface area (Å²) in [4.78, 5) is 18.8. The first-order valence-corrected chi connectivity index (χ1v) is 15.9. The van der Waals surface area contributed by atoms with Gasteiger partial charge in [-0.3, -0.25) is 15.1 Å². The molecule has 0 aromatic heterocycles. The molecule has 0 spiro atoms. The van der Waals surface area contributed by atoms with Gasteiger partial charge in [-0.15, -0.1) is 0 Å². The zero-order chi connectivity index (χ0) is 28.6. The van der Waals surface area contributed by atoms with Crippen molar-refractivity contribution >= 4 is 45.4 Å². The molecule has 2 N–H and O–H groups in total. The maximum absolute atomic E-state index is 13.1. The van der Waals surface area contributed by atoms with Gasteiger partial charge < -0.3 is 5.11 Å². The summed E-state index contributed by atoms with van der Waals surface area (Å²) in [5.74, 6) is -0.473. The van der Waals surface area contributed by atoms with Gasteiger partial charge in [-0.05, 0) is 36.8 Å². The van der Waals surface area contributed by atoms with E-state index in [0.29, 0.717) is 17.0 Å². The lowest BCUT2D eigenvalue weighted by atomic mass is 9.98. The van der Waals surface area contributed by atoms with Crippen LogP contribution in [0, 0.1) is 0 Å². The number of unbranched alkanes of at least 4 members (excludes halogenated alkanes) is 14. The Labute approximate surface area is 250 Å². The molecule has 218 valence electrons. The van der Waals surface area contributed by atoms with Crippen molar-refractivity contribution in [1.29, 1.82) is 0 Å². The molecule has 0 amide bonds. The van der Waals surface area contributed by atoms with Crippen LogP contribution in [0.2, 0.25) is 10.0 Å². The summed E-state index contributed by atoms with van der Waals surface area (Å²) in [5, 5.41) is 12.9. The van der Waals surface area contributed by atoms with E-state index in [1.807, 2.05) is 12.1 Å². The van der Waals surface area contributed by atoms with Gasteiger partial charge in [-0.1, -0.05) is 138 Å². The number of carbonyl (C=O) groups is 1. The number of aromatic hydroxyl groups is 1. The van der Waals surface area contributed by atoms with Gasteiger partial charge in [0, 0.05) is 21.4 Å². The number of hydrogen-bond acceptors (Lipinski definition) is 4. The van der Waals surface area contributed by atoms with Crippen molar-refractivity contribution in [3.8, 4) is 5.75 Å². The molecule has 4 nitrogen and oxygen atoms in total. The first-order valence-electron chi connectivity index (χ1n) is 15.1. The number of phenols is 1. The Morgan fingerprint density at radius 2 is 1.32 bits per heavy atom. The fraction of sp³-hybridized carbons (Fsp3) is 0.500. The summed E-state index contributed by atoms with van der Waals surface area (Å²) in [7, 11) is 0. The zero-order valence-corrected chi connectivity index (χ0v) is 25.5. The minimum Gasteiger partial charge on any atom is -0.507 e. The summed E-state index contributed by atoms with van der Waals surface area (Å²) < 4.78 is 0. The van der Waals surface area contributed by atoms with Crippen LogP contribution in [0.5, 0.6) is 5.75 Å². The zero-order valence-electron chi connectivity index (χ0n) is 24.0. The second kappa shape index (κ2) is 18.2. The molecule has 0 unspecified atom stereocenters. The van der Waals surface area contributed by atoms with Crippen LogP contribution >= 0.6 is 23.2 Å². The Morgan fingerprint density at radius 3 is 1.95 bits per heavy atom. The molecule has 3 aromatic carbocycles. The van der Waals surface area contributed by atoms with Crippen molar-refractivity contribution in [2.75, 3.05) is 12.1 Å². The van der Waals surface area contributed by atoms with E-state index in [1.165, 1.54) is 89.5 Å². The third-order valence-corrected chi connectivity index (χ3v) is 8.05. The fourth-order valence-corrected chi connectivity index (χ4v) is 5.48. The van der Waals surface area contributed by atoms with Gasteiger partial charge in [-0.2, -0.15) is 0 Å². The quantitative estimate of drug-likeness (QED) is 0.0785. The van der Waals surface area contributed by atoms with E-state index in [0.717, 1.165) is 23.9 Å². The Bertz CT molecular complexity index is 1200. The van der Waals surface area contributed by atoms with E-state index in [9.17, 15) is 9.90 Å². The van der Waals surface area contributed by atoms with Crippen molar-refractivity contribution in [2.24, 2.45) is 0 Å². The SMILES string of the molecule is CCCCCCCCCCCCCCCCCONc1cccc2c(O)c(C(=O)c3cc(Cl)ccc3Cl)ccc12. The van der Waals surface area contributed by atoms with Crippen LogP contribution in [-0.4, -0.2) is 17.5 Å². The Kier molecular flexibility index (Phi) is 14.7. The van der Waals surface area contributed by atoms with Crippen molar-refractivity contribution in [1.82, 2.24) is 0 Å². The molecule has 0 aliphatic rings.